The molecule has 3 aromatic rings. The monoisotopic (exact) mass is 428 g/mol. The van der Waals surface area contributed by atoms with Crippen LogP contribution in [0.15, 0.2) is 39.9 Å². The maximum absolute atomic E-state index is 13.3. The van der Waals surface area contributed by atoms with Gasteiger partial charge in [0.25, 0.3) is 5.56 Å². The Bertz CT molecular complexity index is 1220. The zero-order valence-electron chi connectivity index (χ0n) is 17.0. The Labute approximate surface area is 177 Å². The summed E-state index contributed by atoms with van der Waals surface area (Å²) < 4.78 is 8.44. The van der Waals surface area contributed by atoms with Gasteiger partial charge < -0.3 is 9.84 Å². The number of carbonyl (C=O) groups excluding carboxylic acids is 1. The summed E-state index contributed by atoms with van der Waals surface area (Å²) in [6, 6.07) is 8.80. The first-order chi connectivity index (χ1) is 14.3. The summed E-state index contributed by atoms with van der Waals surface area (Å²) in [6.07, 6.45) is 0.844. The van der Waals surface area contributed by atoms with E-state index in [2.05, 4.69) is 0 Å². The molecule has 1 aliphatic heterocycles. The summed E-state index contributed by atoms with van der Waals surface area (Å²) in [5.41, 5.74) is 0.113. The van der Waals surface area contributed by atoms with Gasteiger partial charge in [-0.15, -0.1) is 11.3 Å². The van der Waals surface area contributed by atoms with Crippen LogP contribution in [0.3, 0.4) is 0 Å². The Balaban J connectivity index is 1.92. The molecule has 30 heavy (non-hydrogen) atoms. The van der Waals surface area contributed by atoms with Gasteiger partial charge in [-0.25, -0.2) is 4.79 Å². The summed E-state index contributed by atoms with van der Waals surface area (Å²) in [5.74, 6) is -0.200. The van der Waals surface area contributed by atoms with Crippen LogP contribution in [-0.4, -0.2) is 32.2 Å². The second-order valence-corrected chi connectivity index (χ2v) is 9.18. The van der Waals surface area contributed by atoms with E-state index in [0.29, 0.717) is 28.8 Å². The van der Waals surface area contributed by atoms with Gasteiger partial charge in [0.05, 0.1) is 24.1 Å². The lowest BCUT2D eigenvalue weighted by Gasteiger charge is -2.29. The molecule has 0 amide bonds. The van der Waals surface area contributed by atoms with E-state index >= 15 is 0 Å². The first-order valence-electron chi connectivity index (χ1n) is 9.93. The molecule has 8 heteroatoms. The number of Topliss-reactive ketones (excluding diaryl/α,β-unsaturated/α-hetero) is 1. The highest BCUT2D eigenvalue weighted by atomic mass is 32.1. The molecule has 0 fully saturated rings. The summed E-state index contributed by atoms with van der Waals surface area (Å²) in [6.45, 7) is 4.14. The Hall–Kier alpha value is -2.55. The van der Waals surface area contributed by atoms with Crippen molar-refractivity contribution in [2.75, 3.05) is 6.61 Å². The van der Waals surface area contributed by atoms with Crippen molar-refractivity contribution in [3.05, 3.63) is 67.2 Å². The van der Waals surface area contributed by atoms with Crippen molar-refractivity contribution in [3.63, 3.8) is 0 Å². The van der Waals surface area contributed by atoms with Crippen molar-refractivity contribution >= 4 is 27.3 Å². The second kappa shape index (κ2) is 7.94. The van der Waals surface area contributed by atoms with Gasteiger partial charge in [-0.05, 0) is 25.8 Å². The number of aliphatic hydroxyl groups is 1. The minimum absolute atomic E-state index is 0.105. The van der Waals surface area contributed by atoms with E-state index in [4.69, 9.17) is 4.74 Å². The lowest BCUT2D eigenvalue weighted by Crippen LogP contribution is -2.41. The highest BCUT2D eigenvalue weighted by molar-refractivity contribution is 7.18. The standard InChI is InChI=1S/C22H24N2O5S/c1-22(2)11-15-17(13-29-22)30-20-18(15)19(27)23(9-6-10-25)21(28)24(20)12-16(26)14-7-4-3-5-8-14/h3-5,7-8,25H,6,9-13H2,1-2H3. The number of hydrogen-bond donors (Lipinski definition) is 1. The van der Waals surface area contributed by atoms with Crippen molar-refractivity contribution < 1.29 is 14.6 Å². The molecular formula is C22H24N2O5S. The van der Waals surface area contributed by atoms with Gasteiger partial charge in [0.2, 0.25) is 0 Å². The first kappa shape index (κ1) is 20.7. The number of carbonyl (C=O) groups is 1. The lowest BCUT2D eigenvalue weighted by molar-refractivity contribution is -0.0379. The second-order valence-electron chi connectivity index (χ2n) is 8.10. The average Bonchev–Trinajstić information content (AvgIpc) is 3.09. The zero-order chi connectivity index (χ0) is 21.5. The molecule has 0 spiro atoms. The van der Waals surface area contributed by atoms with Crippen LogP contribution in [0.5, 0.6) is 0 Å². The third-order valence-corrected chi connectivity index (χ3v) is 6.60. The molecule has 1 aromatic carbocycles. The molecule has 1 N–H and O–H groups in total. The number of ether oxygens (including phenoxy) is 1. The van der Waals surface area contributed by atoms with Crippen molar-refractivity contribution in [1.29, 1.82) is 0 Å². The summed E-state index contributed by atoms with van der Waals surface area (Å²) in [4.78, 5) is 40.7. The zero-order valence-corrected chi connectivity index (χ0v) is 17.8. The van der Waals surface area contributed by atoms with Crippen molar-refractivity contribution in [1.82, 2.24) is 9.13 Å². The molecular weight excluding hydrogens is 404 g/mol. The minimum atomic E-state index is -0.524. The molecule has 1 aliphatic rings. The van der Waals surface area contributed by atoms with E-state index in [1.165, 1.54) is 15.9 Å². The van der Waals surface area contributed by atoms with Crippen LogP contribution in [0.1, 0.15) is 41.1 Å². The summed E-state index contributed by atoms with van der Waals surface area (Å²) >= 11 is 1.35. The van der Waals surface area contributed by atoms with Crippen LogP contribution in [0, 0.1) is 0 Å². The van der Waals surface area contributed by atoms with Gasteiger partial charge in [0.1, 0.15) is 4.83 Å². The van der Waals surface area contributed by atoms with Crippen molar-refractivity contribution in [3.8, 4) is 0 Å². The topological polar surface area (TPSA) is 90.5 Å². The molecule has 0 saturated heterocycles. The molecule has 158 valence electrons. The van der Waals surface area contributed by atoms with Crippen LogP contribution < -0.4 is 11.2 Å². The summed E-state index contributed by atoms with van der Waals surface area (Å²) in [7, 11) is 0. The predicted molar refractivity (Wildman–Crippen MR) is 115 cm³/mol. The van der Waals surface area contributed by atoms with Crippen LogP contribution in [-0.2, 0) is 30.9 Å². The maximum Gasteiger partial charge on any atom is 0.332 e. The van der Waals surface area contributed by atoms with Gasteiger partial charge in [-0.3, -0.25) is 18.7 Å². The van der Waals surface area contributed by atoms with E-state index in [9.17, 15) is 19.5 Å². The minimum Gasteiger partial charge on any atom is -0.396 e. The van der Waals surface area contributed by atoms with Crippen molar-refractivity contribution in [2.45, 2.75) is 52.0 Å². The number of nitrogens with zero attached hydrogens (tertiary/aromatic N) is 2. The SMILES string of the molecule is CC1(C)Cc2c(sc3c2c(=O)n(CCCO)c(=O)n3CC(=O)c2ccccc2)CO1. The first-order valence-corrected chi connectivity index (χ1v) is 10.7. The van der Waals surface area contributed by atoms with Gasteiger partial charge >= 0.3 is 5.69 Å². The smallest absolute Gasteiger partial charge is 0.332 e. The quantitative estimate of drug-likeness (QED) is 0.609. The van der Waals surface area contributed by atoms with E-state index in [0.717, 1.165) is 15.0 Å². The van der Waals surface area contributed by atoms with Crippen LogP contribution >= 0.6 is 11.3 Å². The third kappa shape index (κ3) is 3.66. The number of benzene rings is 1. The number of ketones is 1. The molecule has 0 radical (unpaired) electrons. The summed E-state index contributed by atoms with van der Waals surface area (Å²) in [5, 5.41) is 9.70. The van der Waals surface area contributed by atoms with Gasteiger partial charge in [-0.2, -0.15) is 0 Å². The van der Waals surface area contributed by atoms with Crippen LogP contribution in [0.2, 0.25) is 0 Å². The number of rotatable bonds is 6. The molecule has 0 aliphatic carbocycles. The number of aromatic nitrogens is 2. The largest absolute Gasteiger partial charge is 0.396 e. The fourth-order valence-corrected chi connectivity index (χ4v) is 5.04. The Kier molecular flexibility index (Phi) is 5.48. The lowest BCUT2D eigenvalue weighted by atomic mass is 9.94. The van der Waals surface area contributed by atoms with E-state index in [-0.39, 0.29) is 37.5 Å². The molecule has 0 bridgehead atoms. The number of hydrogen-bond acceptors (Lipinski definition) is 6. The highest BCUT2D eigenvalue weighted by Crippen LogP contribution is 2.37. The molecule has 7 nitrogen and oxygen atoms in total. The van der Waals surface area contributed by atoms with E-state index in [1.807, 2.05) is 19.9 Å². The van der Waals surface area contributed by atoms with Gasteiger partial charge in [-0.1, -0.05) is 30.3 Å². The number of fused-ring (bicyclic) bond motifs is 3. The van der Waals surface area contributed by atoms with E-state index < -0.39 is 11.3 Å². The fourth-order valence-electron chi connectivity index (χ4n) is 3.83. The molecule has 3 heterocycles. The normalized spacial score (nSPS) is 15.3. The fraction of sp³-hybridized carbons (Fsp3) is 0.409. The highest BCUT2D eigenvalue weighted by Gasteiger charge is 2.32. The van der Waals surface area contributed by atoms with Crippen LogP contribution in [0.25, 0.3) is 10.2 Å². The van der Waals surface area contributed by atoms with E-state index in [1.54, 1.807) is 24.3 Å². The van der Waals surface area contributed by atoms with Crippen LogP contribution in [0.4, 0.5) is 0 Å². The Morgan fingerprint density at radius 1 is 1.20 bits per heavy atom. The average molecular weight is 429 g/mol. The van der Waals surface area contributed by atoms with Gasteiger partial charge in [0, 0.05) is 30.0 Å². The Morgan fingerprint density at radius 2 is 1.93 bits per heavy atom. The maximum atomic E-state index is 13.3. The molecule has 0 saturated carbocycles. The molecule has 2 aromatic heterocycles. The third-order valence-electron chi connectivity index (χ3n) is 5.37. The van der Waals surface area contributed by atoms with Crippen molar-refractivity contribution in [2.24, 2.45) is 0 Å². The molecule has 4 rings (SSSR count). The Morgan fingerprint density at radius 3 is 2.63 bits per heavy atom. The number of aliphatic hydroxyl groups excluding tert-OH is 1. The number of thiophene rings is 1. The molecule has 0 unspecified atom stereocenters. The predicted octanol–water partition coefficient (Wildman–Crippen LogP) is 2.34. The molecule has 0 atom stereocenters. The van der Waals surface area contributed by atoms with Gasteiger partial charge in [0.15, 0.2) is 5.78 Å².